The maximum absolute atomic E-state index is 13.9. The van der Waals surface area contributed by atoms with Gasteiger partial charge in [0.25, 0.3) is 0 Å². The third kappa shape index (κ3) is 4.27. The zero-order valence-electron chi connectivity index (χ0n) is 14.8. The van der Waals surface area contributed by atoms with Crippen molar-refractivity contribution in [3.05, 3.63) is 54.2 Å². The Kier molecular flexibility index (Phi) is 5.76. The molecule has 2 aromatic rings. The highest BCUT2D eigenvalue weighted by Crippen LogP contribution is 2.46. The van der Waals surface area contributed by atoms with E-state index in [0.717, 1.165) is 10.6 Å². The Morgan fingerprint density at radius 1 is 1.26 bits per heavy atom. The summed E-state index contributed by atoms with van der Waals surface area (Å²) < 4.78 is 41.7. The van der Waals surface area contributed by atoms with Crippen molar-refractivity contribution >= 4 is 23.4 Å². The summed E-state index contributed by atoms with van der Waals surface area (Å²) in [5, 5.41) is 3.14. The zero-order valence-corrected chi connectivity index (χ0v) is 15.6. The summed E-state index contributed by atoms with van der Waals surface area (Å²) in [6, 6.07) is 12.5. The van der Waals surface area contributed by atoms with Crippen molar-refractivity contribution in [1.82, 2.24) is 9.88 Å². The van der Waals surface area contributed by atoms with Crippen LogP contribution >= 0.6 is 11.8 Å². The van der Waals surface area contributed by atoms with E-state index < -0.39 is 17.5 Å². The van der Waals surface area contributed by atoms with E-state index in [0.29, 0.717) is 6.54 Å². The number of carbonyl (C=O) groups is 1. The molecule has 144 valence electrons. The molecule has 27 heavy (non-hydrogen) atoms. The number of nitrogens with one attached hydrogen (secondary N) is 1. The molecule has 1 aromatic carbocycles. The van der Waals surface area contributed by atoms with E-state index in [-0.39, 0.29) is 25.2 Å². The van der Waals surface area contributed by atoms with Gasteiger partial charge in [-0.2, -0.15) is 13.2 Å². The predicted molar refractivity (Wildman–Crippen MR) is 99.5 cm³/mol. The van der Waals surface area contributed by atoms with E-state index in [9.17, 15) is 18.0 Å². The second kappa shape index (κ2) is 7.90. The van der Waals surface area contributed by atoms with Gasteiger partial charge in [0.15, 0.2) is 5.41 Å². The highest BCUT2D eigenvalue weighted by Gasteiger charge is 2.62. The first-order chi connectivity index (χ1) is 12.8. The van der Waals surface area contributed by atoms with Crippen LogP contribution in [0.5, 0.6) is 0 Å². The number of alkyl halides is 3. The molecule has 0 radical (unpaired) electrons. The Labute approximate surface area is 160 Å². The number of likely N-dealkylation sites (tertiary alicyclic amines) is 1. The molecule has 8 heteroatoms. The van der Waals surface area contributed by atoms with E-state index in [1.807, 2.05) is 36.6 Å². The summed E-state index contributed by atoms with van der Waals surface area (Å²) in [4.78, 5) is 18.4. The molecule has 1 aromatic heterocycles. The van der Waals surface area contributed by atoms with Crippen LogP contribution in [0.1, 0.15) is 12.0 Å². The molecule has 1 unspecified atom stereocenters. The summed E-state index contributed by atoms with van der Waals surface area (Å²) >= 11 is 1.42. The molecule has 1 aliphatic heterocycles. The molecule has 1 fully saturated rings. The van der Waals surface area contributed by atoms with Crippen LogP contribution in [-0.2, 0) is 11.3 Å². The SMILES string of the molecule is CSc1ccc(NC(=O)C2(C(F)(F)F)CCN(Cc3ccccc3)C2)cn1. The van der Waals surface area contributed by atoms with E-state index in [1.165, 1.54) is 18.0 Å². The van der Waals surface area contributed by atoms with Gasteiger partial charge in [-0.15, -0.1) is 11.8 Å². The molecule has 0 bridgehead atoms. The molecular formula is C19H20F3N3OS. The number of halogens is 3. The number of hydrogen-bond donors (Lipinski definition) is 1. The quantitative estimate of drug-likeness (QED) is 0.771. The summed E-state index contributed by atoms with van der Waals surface area (Å²) in [5.74, 6) is -1.02. The highest BCUT2D eigenvalue weighted by molar-refractivity contribution is 7.98. The number of anilines is 1. The smallest absolute Gasteiger partial charge is 0.324 e. The largest absolute Gasteiger partial charge is 0.404 e. The molecule has 0 aliphatic carbocycles. The average Bonchev–Trinajstić information content (AvgIpc) is 3.08. The van der Waals surface area contributed by atoms with E-state index in [4.69, 9.17) is 0 Å². The number of benzene rings is 1. The second-order valence-corrected chi connectivity index (χ2v) is 7.40. The molecule has 1 atom stereocenters. The summed E-state index contributed by atoms with van der Waals surface area (Å²) in [7, 11) is 0. The van der Waals surface area contributed by atoms with Crippen molar-refractivity contribution in [2.24, 2.45) is 5.41 Å². The van der Waals surface area contributed by atoms with E-state index in [1.54, 1.807) is 17.0 Å². The van der Waals surface area contributed by atoms with Crippen LogP contribution in [0.2, 0.25) is 0 Å². The van der Waals surface area contributed by atoms with Crippen LogP contribution in [-0.4, -0.2) is 41.3 Å². The summed E-state index contributed by atoms with van der Waals surface area (Å²) in [6.45, 7) is 0.245. The van der Waals surface area contributed by atoms with Gasteiger partial charge in [0.2, 0.25) is 5.91 Å². The molecular weight excluding hydrogens is 375 g/mol. The van der Waals surface area contributed by atoms with Crippen LogP contribution in [0.15, 0.2) is 53.7 Å². The van der Waals surface area contributed by atoms with Crippen molar-refractivity contribution < 1.29 is 18.0 Å². The molecule has 1 saturated heterocycles. The first-order valence-electron chi connectivity index (χ1n) is 8.48. The molecule has 0 spiro atoms. The lowest BCUT2D eigenvalue weighted by Gasteiger charge is -2.30. The van der Waals surface area contributed by atoms with Crippen molar-refractivity contribution in [3.63, 3.8) is 0 Å². The minimum absolute atomic E-state index is 0.214. The Balaban J connectivity index is 1.76. The number of nitrogens with zero attached hydrogens (tertiary/aromatic N) is 2. The Hall–Kier alpha value is -2.06. The fourth-order valence-corrected chi connectivity index (χ4v) is 3.60. The molecule has 4 nitrogen and oxygen atoms in total. The maximum Gasteiger partial charge on any atom is 0.404 e. The lowest BCUT2D eigenvalue weighted by Crippen LogP contribution is -2.49. The van der Waals surface area contributed by atoms with Crippen molar-refractivity contribution in [3.8, 4) is 0 Å². The number of rotatable bonds is 5. The van der Waals surface area contributed by atoms with Crippen LogP contribution in [0.4, 0.5) is 18.9 Å². The molecule has 0 saturated carbocycles. The van der Waals surface area contributed by atoms with Gasteiger partial charge in [0, 0.05) is 13.1 Å². The standard InChI is InChI=1S/C19H20F3N3OS/c1-27-16-8-7-15(11-23-16)24-17(26)18(19(20,21)22)9-10-25(13-18)12-14-5-3-2-4-6-14/h2-8,11H,9-10,12-13H2,1H3,(H,24,26). The summed E-state index contributed by atoms with van der Waals surface area (Å²) in [5.41, 5.74) is -1.23. The van der Waals surface area contributed by atoms with Crippen molar-refractivity contribution in [1.29, 1.82) is 0 Å². The topological polar surface area (TPSA) is 45.2 Å². The number of thioether (sulfide) groups is 1. The molecule has 3 rings (SSSR count). The molecule has 1 aliphatic rings. The van der Waals surface area contributed by atoms with Gasteiger partial charge in [-0.25, -0.2) is 4.98 Å². The Morgan fingerprint density at radius 3 is 2.59 bits per heavy atom. The maximum atomic E-state index is 13.9. The number of aromatic nitrogens is 1. The molecule has 1 N–H and O–H groups in total. The van der Waals surface area contributed by atoms with Gasteiger partial charge in [0.1, 0.15) is 0 Å². The number of amides is 1. The van der Waals surface area contributed by atoms with Crippen LogP contribution in [0.3, 0.4) is 0 Å². The van der Waals surface area contributed by atoms with Crippen LogP contribution < -0.4 is 5.32 Å². The van der Waals surface area contributed by atoms with Crippen LogP contribution in [0.25, 0.3) is 0 Å². The highest BCUT2D eigenvalue weighted by atomic mass is 32.2. The first-order valence-corrected chi connectivity index (χ1v) is 9.71. The number of hydrogen-bond acceptors (Lipinski definition) is 4. The Bertz CT molecular complexity index is 783. The van der Waals surface area contributed by atoms with Gasteiger partial charge >= 0.3 is 6.18 Å². The minimum Gasteiger partial charge on any atom is -0.324 e. The van der Waals surface area contributed by atoms with E-state index >= 15 is 0 Å². The Morgan fingerprint density at radius 2 is 2.00 bits per heavy atom. The van der Waals surface area contributed by atoms with Gasteiger partial charge in [-0.1, -0.05) is 30.3 Å². The van der Waals surface area contributed by atoms with Gasteiger partial charge in [0.05, 0.1) is 16.9 Å². The monoisotopic (exact) mass is 395 g/mol. The predicted octanol–water partition coefficient (Wildman–Crippen LogP) is 4.20. The average molecular weight is 395 g/mol. The lowest BCUT2D eigenvalue weighted by molar-refractivity contribution is -0.215. The van der Waals surface area contributed by atoms with Gasteiger partial charge in [-0.05, 0) is 36.9 Å². The summed E-state index contributed by atoms with van der Waals surface area (Å²) in [6.07, 6.45) is -1.66. The van der Waals surface area contributed by atoms with Crippen molar-refractivity contribution in [2.75, 3.05) is 24.7 Å². The number of carbonyl (C=O) groups excluding carboxylic acids is 1. The molecule has 2 heterocycles. The lowest BCUT2D eigenvalue weighted by atomic mass is 9.85. The first kappa shape index (κ1) is 19.7. The third-order valence-corrected chi connectivity index (χ3v) is 5.44. The fourth-order valence-electron chi connectivity index (χ4n) is 3.24. The zero-order chi connectivity index (χ0) is 19.5. The minimum atomic E-state index is -4.63. The van der Waals surface area contributed by atoms with Crippen molar-refractivity contribution in [2.45, 2.75) is 24.2 Å². The van der Waals surface area contributed by atoms with E-state index in [2.05, 4.69) is 10.3 Å². The van der Waals surface area contributed by atoms with Gasteiger partial charge in [-0.3, -0.25) is 9.69 Å². The fraction of sp³-hybridized carbons (Fsp3) is 0.368. The normalized spacial score (nSPS) is 20.6. The third-order valence-electron chi connectivity index (χ3n) is 4.78. The molecule has 1 amide bonds. The number of pyridine rings is 1. The second-order valence-electron chi connectivity index (χ2n) is 6.57. The van der Waals surface area contributed by atoms with Gasteiger partial charge < -0.3 is 5.32 Å². The van der Waals surface area contributed by atoms with Crippen LogP contribution in [0, 0.1) is 5.41 Å².